The third-order valence-corrected chi connectivity index (χ3v) is 2.82. The van der Waals surface area contributed by atoms with Crippen LogP contribution in [-0.2, 0) is 6.54 Å². The molecule has 0 spiro atoms. The molecule has 2 aromatic rings. The Hall–Kier alpha value is -1.36. The lowest BCUT2D eigenvalue weighted by Crippen LogP contribution is -2.02. The Morgan fingerprint density at radius 3 is 2.88 bits per heavy atom. The summed E-state index contributed by atoms with van der Waals surface area (Å²) < 4.78 is 5.92. The van der Waals surface area contributed by atoms with Gasteiger partial charge in [-0.25, -0.2) is 0 Å². The van der Waals surface area contributed by atoms with Gasteiger partial charge in [0.25, 0.3) is 0 Å². The molecule has 1 N–H and O–H groups in total. The van der Waals surface area contributed by atoms with Crippen LogP contribution in [0.5, 0.6) is 0 Å². The molecule has 0 aliphatic carbocycles. The zero-order chi connectivity index (χ0) is 11.5. The maximum absolute atomic E-state index is 4.89. The largest absolute Gasteiger partial charge is 0.377 e. The highest BCUT2D eigenvalue weighted by molar-refractivity contribution is 9.10. The number of hydrogen-bond donors (Lipinski definition) is 1. The van der Waals surface area contributed by atoms with Crippen molar-refractivity contribution in [2.45, 2.75) is 20.4 Å². The Balaban J connectivity index is 2.07. The fourth-order valence-electron chi connectivity index (χ4n) is 1.36. The molecule has 84 valence electrons. The molecule has 0 aliphatic heterocycles. The van der Waals surface area contributed by atoms with Crippen LogP contribution in [-0.4, -0.2) is 10.1 Å². The Labute approximate surface area is 102 Å². The van der Waals surface area contributed by atoms with Gasteiger partial charge in [-0.2, -0.15) is 4.98 Å². The zero-order valence-electron chi connectivity index (χ0n) is 9.12. The monoisotopic (exact) mass is 281 g/mol. The van der Waals surface area contributed by atoms with Crippen molar-refractivity contribution in [3.8, 4) is 0 Å². The molecule has 0 unspecified atom stereocenters. The molecular weight excluding hydrogens is 270 g/mol. The van der Waals surface area contributed by atoms with Crippen LogP contribution < -0.4 is 5.32 Å². The summed E-state index contributed by atoms with van der Waals surface area (Å²) in [4.78, 5) is 4.12. The van der Waals surface area contributed by atoms with Crippen LogP contribution in [0.1, 0.15) is 17.3 Å². The summed E-state index contributed by atoms with van der Waals surface area (Å²) in [5.41, 5.74) is 2.23. The molecule has 0 fully saturated rings. The average Bonchev–Trinajstić information content (AvgIpc) is 2.66. The number of halogens is 1. The normalized spacial score (nSPS) is 10.4. The minimum Gasteiger partial charge on any atom is -0.377 e. The summed E-state index contributed by atoms with van der Waals surface area (Å²) in [6.07, 6.45) is 0. The first kappa shape index (κ1) is 11.1. The summed E-state index contributed by atoms with van der Waals surface area (Å²) in [6.45, 7) is 4.38. The minimum absolute atomic E-state index is 0.555. The van der Waals surface area contributed by atoms with E-state index in [2.05, 4.69) is 44.4 Å². The van der Waals surface area contributed by atoms with E-state index in [1.165, 1.54) is 5.56 Å². The lowest BCUT2D eigenvalue weighted by Gasteiger charge is -2.07. The van der Waals surface area contributed by atoms with E-state index in [9.17, 15) is 0 Å². The van der Waals surface area contributed by atoms with Crippen molar-refractivity contribution in [1.82, 2.24) is 10.1 Å². The van der Waals surface area contributed by atoms with E-state index in [-0.39, 0.29) is 0 Å². The van der Waals surface area contributed by atoms with Crippen molar-refractivity contribution in [1.29, 1.82) is 0 Å². The quantitative estimate of drug-likeness (QED) is 0.940. The molecule has 0 saturated heterocycles. The molecule has 0 saturated carbocycles. The molecule has 0 bridgehead atoms. The summed E-state index contributed by atoms with van der Waals surface area (Å²) in [5, 5.41) is 7.07. The van der Waals surface area contributed by atoms with Crippen molar-refractivity contribution in [2.24, 2.45) is 0 Å². The highest BCUT2D eigenvalue weighted by Crippen LogP contribution is 2.23. The number of hydrogen-bond acceptors (Lipinski definition) is 4. The maximum Gasteiger partial charge on any atom is 0.223 e. The van der Waals surface area contributed by atoms with Crippen LogP contribution in [0.2, 0.25) is 0 Å². The predicted molar refractivity (Wildman–Crippen MR) is 65.2 cm³/mol. The van der Waals surface area contributed by atoms with E-state index in [0.29, 0.717) is 18.3 Å². The van der Waals surface area contributed by atoms with E-state index in [1.807, 2.05) is 12.1 Å². The van der Waals surface area contributed by atoms with Gasteiger partial charge in [-0.15, -0.1) is 0 Å². The van der Waals surface area contributed by atoms with Crippen LogP contribution in [0.25, 0.3) is 0 Å². The second-order valence-corrected chi connectivity index (χ2v) is 4.42. The summed E-state index contributed by atoms with van der Waals surface area (Å²) in [7, 11) is 0. The number of nitrogens with one attached hydrogen (secondary N) is 1. The second kappa shape index (κ2) is 4.65. The summed E-state index contributed by atoms with van der Waals surface area (Å²) in [5.74, 6) is 1.24. The SMILES string of the molecule is Cc1ccc(Br)c(NCc2noc(C)n2)c1. The van der Waals surface area contributed by atoms with Gasteiger partial charge >= 0.3 is 0 Å². The highest BCUT2D eigenvalue weighted by atomic mass is 79.9. The van der Waals surface area contributed by atoms with Crippen molar-refractivity contribution < 1.29 is 4.52 Å². The molecule has 16 heavy (non-hydrogen) atoms. The van der Waals surface area contributed by atoms with Crippen LogP contribution in [0.4, 0.5) is 5.69 Å². The van der Waals surface area contributed by atoms with Crippen LogP contribution in [0.15, 0.2) is 27.2 Å². The summed E-state index contributed by atoms with van der Waals surface area (Å²) in [6, 6.07) is 6.13. The van der Waals surface area contributed by atoms with Crippen molar-refractivity contribution in [3.05, 3.63) is 40.0 Å². The van der Waals surface area contributed by atoms with Crippen LogP contribution in [0, 0.1) is 13.8 Å². The van der Waals surface area contributed by atoms with Crippen LogP contribution >= 0.6 is 15.9 Å². The lowest BCUT2D eigenvalue weighted by molar-refractivity contribution is 0.388. The predicted octanol–water partition coefficient (Wildman–Crippen LogP) is 3.06. The fraction of sp³-hybridized carbons (Fsp3) is 0.273. The first-order valence-electron chi connectivity index (χ1n) is 4.94. The van der Waals surface area contributed by atoms with Gasteiger partial charge in [0.15, 0.2) is 5.82 Å². The van der Waals surface area contributed by atoms with Crippen molar-refractivity contribution in [3.63, 3.8) is 0 Å². The molecule has 2 rings (SSSR count). The second-order valence-electron chi connectivity index (χ2n) is 3.57. The number of benzene rings is 1. The number of rotatable bonds is 3. The van der Waals surface area contributed by atoms with E-state index in [4.69, 9.17) is 4.52 Å². The van der Waals surface area contributed by atoms with Gasteiger partial charge in [0.1, 0.15) is 0 Å². The van der Waals surface area contributed by atoms with Crippen molar-refractivity contribution >= 4 is 21.6 Å². The van der Waals surface area contributed by atoms with E-state index in [0.717, 1.165) is 10.2 Å². The van der Waals surface area contributed by atoms with Gasteiger partial charge in [0, 0.05) is 17.1 Å². The molecule has 4 nitrogen and oxygen atoms in total. The fourth-order valence-corrected chi connectivity index (χ4v) is 1.75. The van der Waals surface area contributed by atoms with Gasteiger partial charge in [0.05, 0.1) is 6.54 Å². The van der Waals surface area contributed by atoms with Crippen LogP contribution in [0.3, 0.4) is 0 Å². The highest BCUT2D eigenvalue weighted by Gasteiger charge is 2.03. The van der Waals surface area contributed by atoms with Gasteiger partial charge in [0.2, 0.25) is 5.89 Å². The van der Waals surface area contributed by atoms with E-state index in [1.54, 1.807) is 6.92 Å². The third-order valence-electron chi connectivity index (χ3n) is 2.13. The average molecular weight is 282 g/mol. The number of anilines is 1. The number of aromatic nitrogens is 2. The Bertz CT molecular complexity index is 496. The molecule has 0 radical (unpaired) electrons. The van der Waals surface area contributed by atoms with Gasteiger partial charge < -0.3 is 9.84 Å². The Kier molecular flexibility index (Phi) is 3.24. The molecule has 0 atom stereocenters. The minimum atomic E-state index is 0.555. The topological polar surface area (TPSA) is 51.0 Å². The summed E-state index contributed by atoms with van der Waals surface area (Å²) >= 11 is 3.48. The molecule has 1 heterocycles. The van der Waals surface area contributed by atoms with Gasteiger partial charge in [-0.3, -0.25) is 0 Å². The van der Waals surface area contributed by atoms with E-state index >= 15 is 0 Å². The standard InChI is InChI=1S/C11H12BrN3O/c1-7-3-4-9(12)10(5-7)13-6-11-14-8(2)16-15-11/h3-5,13H,6H2,1-2H3. The molecule has 5 heteroatoms. The Morgan fingerprint density at radius 2 is 2.19 bits per heavy atom. The third kappa shape index (κ3) is 2.61. The molecule has 1 aromatic heterocycles. The molecular formula is C11H12BrN3O. The number of nitrogens with zero attached hydrogens (tertiary/aromatic N) is 2. The zero-order valence-corrected chi connectivity index (χ0v) is 10.7. The Morgan fingerprint density at radius 1 is 1.38 bits per heavy atom. The number of aryl methyl sites for hydroxylation is 2. The van der Waals surface area contributed by atoms with Gasteiger partial charge in [-0.05, 0) is 40.5 Å². The molecule has 1 aromatic carbocycles. The maximum atomic E-state index is 4.89. The first-order chi connectivity index (χ1) is 7.65. The first-order valence-corrected chi connectivity index (χ1v) is 5.73. The van der Waals surface area contributed by atoms with E-state index < -0.39 is 0 Å². The smallest absolute Gasteiger partial charge is 0.223 e. The van der Waals surface area contributed by atoms with Crippen molar-refractivity contribution in [2.75, 3.05) is 5.32 Å². The lowest BCUT2D eigenvalue weighted by atomic mass is 10.2. The molecule has 0 amide bonds. The molecule has 0 aliphatic rings. The van der Waals surface area contributed by atoms with Gasteiger partial charge in [-0.1, -0.05) is 11.2 Å².